The third-order valence-corrected chi connectivity index (χ3v) is 2.32. The van der Waals surface area contributed by atoms with Crippen molar-refractivity contribution in [3.8, 4) is 0 Å². The van der Waals surface area contributed by atoms with Crippen molar-refractivity contribution in [1.29, 1.82) is 0 Å². The van der Waals surface area contributed by atoms with E-state index in [0.29, 0.717) is 12.2 Å². The van der Waals surface area contributed by atoms with E-state index >= 15 is 0 Å². The molecule has 4 nitrogen and oxygen atoms in total. The quantitative estimate of drug-likeness (QED) is 0.710. The first-order valence-corrected chi connectivity index (χ1v) is 4.24. The monoisotopic (exact) mass is 181 g/mol. The molecule has 4 heteroatoms. The zero-order valence-electron chi connectivity index (χ0n) is 7.36. The van der Waals surface area contributed by atoms with Gasteiger partial charge in [0.25, 0.3) is 0 Å². The minimum atomic E-state index is -0.883. The predicted molar refractivity (Wildman–Crippen MR) is 45.8 cm³/mol. The molecular formula is C9H11NO3. The summed E-state index contributed by atoms with van der Waals surface area (Å²) in [6, 6.07) is 1.63. The lowest BCUT2D eigenvalue weighted by molar-refractivity contribution is 0.0309. The Kier molecular flexibility index (Phi) is 1.84. The summed E-state index contributed by atoms with van der Waals surface area (Å²) < 4.78 is 7.31. The first-order chi connectivity index (χ1) is 6.20. The van der Waals surface area contributed by atoms with Crippen LogP contribution in [0.15, 0.2) is 12.3 Å². The van der Waals surface area contributed by atoms with Crippen LogP contribution in [-0.2, 0) is 11.3 Å². The lowest BCUT2D eigenvalue weighted by Gasteiger charge is -2.23. The molecule has 1 aromatic heterocycles. The summed E-state index contributed by atoms with van der Waals surface area (Å²) in [5, 5.41) is 8.88. The zero-order chi connectivity index (χ0) is 9.42. The number of carboxylic acid groups (broad SMARTS) is 1. The Morgan fingerprint density at radius 3 is 3.23 bits per heavy atom. The molecule has 1 N–H and O–H groups in total. The highest BCUT2D eigenvalue weighted by Gasteiger charge is 2.23. The second-order valence-electron chi connectivity index (χ2n) is 3.13. The molecule has 0 amide bonds. The Morgan fingerprint density at radius 2 is 2.54 bits per heavy atom. The van der Waals surface area contributed by atoms with Crippen LogP contribution in [0.1, 0.15) is 29.1 Å². The Hall–Kier alpha value is -1.29. The van der Waals surface area contributed by atoms with E-state index in [1.807, 2.05) is 11.5 Å². The molecule has 0 fully saturated rings. The van der Waals surface area contributed by atoms with E-state index in [-0.39, 0.29) is 6.10 Å². The van der Waals surface area contributed by atoms with E-state index in [9.17, 15) is 4.79 Å². The van der Waals surface area contributed by atoms with Crippen LogP contribution in [0.5, 0.6) is 0 Å². The Balaban J connectivity index is 2.50. The molecule has 0 saturated carbocycles. The van der Waals surface area contributed by atoms with Crippen LogP contribution in [-0.4, -0.2) is 22.2 Å². The van der Waals surface area contributed by atoms with Gasteiger partial charge in [0, 0.05) is 12.7 Å². The smallest absolute Gasteiger partial charge is 0.337 e. The van der Waals surface area contributed by atoms with Gasteiger partial charge < -0.3 is 14.4 Å². The van der Waals surface area contributed by atoms with Crippen molar-refractivity contribution in [3.05, 3.63) is 23.5 Å². The van der Waals surface area contributed by atoms with Gasteiger partial charge in [-0.3, -0.25) is 0 Å². The topological polar surface area (TPSA) is 51.5 Å². The fourth-order valence-electron chi connectivity index (χ4n) is 1.72. The Bertz CT molecular complexity index is 343. The summed E-state index contributed by atoms with van der Waals surface area (Å²) in [6.45, 7) is 3.27. The molecule has 70 valence electrons. The van der Waals surface area contributed by atoms with Gasteiger partial charge >= 0.3 is 5.97 Å². The van der Waals surface area contributed by atoms with E-state index in [1.54, 1.807) is 12.3 Å². The minimum Gasteiger partial charge on any atom is -0.478 e. The Morgan fingerprint density at radius 1 is 1.77 bits per heavy atom. The lowest BCUT2D eigenvalue weighted by atomic mass is 10.1. The molecule has 0 spiro atoms. The third-order valence-electron chi connectivity index (χ3n) is 2.32. The molecule has 13 heavy (non-hydrogen) atoms. The summed E-state index contributed by atoms with van der Waals surface area (Å²) in [7, 11) is 0. The number of hydrogen-bond acceptors (Lipinski definition) is 2. The van der Waals surface area contributed by atoms with Gasteiger partial charge in [-0.25, -0.2) is 4.79 Å². The van der Waals surface area contributed by atoms with Crippen molar-refractivity contribution >= 4 is 5.97 Å². The number of ether oxygens (including phenoxy) is 1. The second kappa shape index (κ2) is 2.88. The number of aromatic carboxylic acids is 1. The van der Waals surface area contributed by atoms with Crippen molar-refractivity contribution < 1.29 is 14.6 Å². The normalized spacial score (nSPS) is 21.2. The van der Waals surface area contributed by atoms with Gasteiger partial charge in [-0.1, -0.05) is 0 Å². The van der Waals surface area contributed by atoms with Crippen LogP contribution in [0.4, 0.5) is 0 Å². The summed E-state index contributed by atoms with van der Waals surface area (Å²) in [6.07, 6.45) is 1.69. The molecule has 1 aromatic rings. The fraction of sp³-hybridized carbons (Fsp3) is 0.444. The molecule has 0 aliphatic carbocycles. The molecule has 0 bridgehead atoms. The number of rotatable bonds is 1. The number of carboxylic acids is 1. The van der Waals surface area contributed by atoms with Gasteiger partial charge in [0.1, 0.15) is 0 Å². The molecular weight excluding hydrogens is 170 g/mol. The van der Waals surface area contributed by atoms with Crippen LogP contribution >= 0.6 is 0 Å². The van der Waals surface area contributed by atoms with E-state index in [2.05, 4.69) is 0 Å². The number of fused-ring (bicyclic) bond motifs is 1. The van der Waals surface area contributed by atoms with Crippen LogP contribution in [0.25, 0.3) is 0 Å². The third kappa shape index (κ3) is 1.23. The van der Waals surface area contributed by atoms with Crippen molar-refractivity contribution in [2.24, 2.45) is 0 Å². The highest BCUT2D eigenvalue weighted by Crippen LogP contribution is 2.25. The number of carbonyl (C=O) groups is 1. The van der Waals surface area contributed by atoms with Crippen molar-refractivity contribution in [1.82, 2.24) is 4.57 Å². The molecule has 2 heterocycles. The van der Waals surface area contributed by atoms with E-state index in [0.717, 1.165) is 12.2 Å². The summed E-state index contributed by atoms with van der Waals surface area (Å²) in [5.74, 6) is -0.883. The molecule has 0 radical (unpaired) electrons. The van der Waals surface area contributed by atoms with Crippen molar-refractivity contribution in [2.75, 3.05) is 6.61 Å². The minimum absolute atomic E-state index is 0.116. The van der Waals surface area contributed by atoms with Crippen LogP contribution in [0.3, 0.4) is 0 Å². The molecule has 1 atom stereocenters. The fourth-order valence-corrected chi connectivity index (χ4v) is 1.72. The van der Waals surface area contributed by atoms with Gasteiger partial charge in [-0.15, -0.1) is 0 Å². The maximum atomic E-state index is 10.8. The lowest BCUT2D eigenvalue weighted by Crippen LogP contribution is -2.20. The number of aromatic nitrogens is 1. The average molecular weight is 181 g/mol. The van der Waals surface area contributed by atoms with E-state index in [1.165, 1.54) is 0 Å². The number of nitrogens with zero attached hydrogens (tertiary/aromatic N) is 1. The van der Waals surface area contributed by atoms with Crippen molar-refractivity contribution in [2.45, 2.75) is 19.6 Å². The maximum Gasteiger partial charge on any atom is 0.337 e. The van der Waals surface area contributed by atoms with Gasteiger partial charge in [0.05, 0.1) is 24.0 Å². The number of hydrogen-bond donors (Lipinski definition) is 1. The largest absolute Gasteiger partial charge is 0.478 e. The van der Waals surface area contributed by atoms with Gasteiger partial charge in [-0.2, -0.15) is 0 Å². The predicted octanol–water partition coefficient (Wildman–Crippen LogP) is 1.28. The van der Waals surface area contributed by atoms with Crippen LogP contribution in [0, 0.1) is 0 Å². The highest BCUT2D eigenvalue weighted by atomic mass is 16.5. The second-order valence-corrected chi connectivity index (χ2v) is 3.13. The maximum absolute atomic E-state index is 10.8. The SMILES string of the molecule is CC1OCCn2ccc(C(=O)O)c21. The van der Waals surface area contributed by atoms with E-state index in [4.69, 9.17) is 9.84 Å². The van der Waals surface area contributed by atoms with Crippen LogP contribution < -0.4 is 0 Å². The van der Waals surface area contributed by atoms with Gasteiger partial charge in [0.2, 0.25) is 0 Å². The molecule has 2 rings (SSSR count). The van der Waals surface area contributed by atoms with Crippen LogP contribution in [0.2, 0.25) is 0 Å². The Labute approximate surface area is 75.7 Å². The highest BCUT2D eigenvalue weighted by molar-refractivity contribution is 5.89. The summed E-state index contributed by atoms with van der Waals surface area (Å²) in [4.78, 5) is 10.8. The standard InChI is InChI=1S/C9H11NO3/c1-6-8-7(9(11)12)2-3-10(8)4-5-13-6/h2-3,6H,4-5H2,1H3,(H,11,12). The summed E-state index contributed by atoms with van der Waals surface area (Å²) >= 11 is 0. The van der Waals surface area contributed by atoms with Gasteiger partial charge in [0.15, 0.2) is 0 Å². The average Bonchev–Trinajstić information content (AvgIpc) is 2.49. The molecule has 1 aliphatic heterocycles. The van der Waals surface area contributed by atoms with Gasteiger partial charge in [-0.05, 0) is 13.0 Å². The summed E-state index contributed by atoms with van der Waals surface area (Å²) in [5.41, 5.74) is 1.13. The first-order valence-electron chi connectivity index (χ1n) is 4.24. The first kappa shape index (κ1) is 8.31. The molecule has 0 saturated heterocycles. The van der Waals surface area contributed by atoms with E-state index < -0.39 is 5.97 Å². The zero-order valence-corrected chi connectivity index (χ0v) is 7.36. The molecule has 1 aliphatic rings. The molecule has 1 unspecified atom stereocenters. The molecule has 0 aromatic carbocycles. The van der Waals surface area contributed by atoms with Crippen molar-refractivity contribution in [3.63, 3.8) is 0 Å².